The van der Waals surface area contributed by atoms with Gasteiger partial charge in [0.1, 0.15) is 17.3 Å². The summed E-state index contributed by atoms with van der Waals surface area (Å²) in [5.74, 6) is 1.98. The summed E-state index contributed by atoms with van der Waals surface area (Å²) in [4.78, 5) is 11.3. The first-order chi connectivity index (χ1) is 9.31. The number of halogens is 1. The standard InChI is InChI=1S/C15H22ClN3/c1-2-5-12-14(16)17-10-18-15(12)19-9-4-7-11-6-3-8-13(11)19/h10-11,13H,2-9H2,1H3. The molecule has 2 unspecified atom stereocenters. The summed E-state index contributed by atoms with van der Waals surface area (Å²) in [6, 6.07) is 0.690. The highest BCUT2D eigenvalue weighted by atomic mass is 35.5. The summed E-state index contributed by atoms with van der Waals surface area (Å²) in [6.45, 7) is 3.31. The van der Waals surface area contributed by atoms with E-state index in [0.29, 0.717) is 11.2 Å². The predicted octanol–water partition coefficient (Wildman–Crippen LogP) is 3.85. The van der Waals surface area contributed by atoms with Gasteiger partial charge in [-0.1, -0.05) is 31.4 Å². The summed E-state index contributed by atoms with van der Waals surface area (Å²) in [5.41, 5.74) is 1.15. The molecule has 0 radical (unpaired) electrons. The van der Waals surface area contributed by atoms with Crippen LogP contribution in [0.5, 0.6) is 0 Å². The highest BCUT2D eigenvalue weighted by molar-refractivity contribution is 6.30. The number of hydrogen-bond acceptors (Lipinski definition) is 3. The van der Waals surface area contributed by atoms with Crippen LogP contribution >= 0.6 is 11.6 Å². The van der Waals surface area contributed by atoms with Gasteiger partial charge in [-0.25, -0.2) is 9.97 Å². The number of aromatic nitrogens is 2. The van der Waals surface area contributed by atoms with Crippen molar-refractivity contribution in [3.63, 3.8) is 0 Å². The minimum atomic E-state index is 0.645. The third kappa shape index (κ3) is 2.45. The maximum atomic E-state index is 6.29. The molecule has 0 amide bonds. The molecule has 104 valence electrons. The Morgan fingerprint density at radius 1 is 1.26 bits per heavy atom. The molecule has 3 nitrogen and oxygen atoms in total. The fourth-order valence-corrected chi connectivity index (χ4v) is 4.03. The Hall–Kier alpha value is -0.830. The molecule has 1 aromatic heterocycles. The average Bonchev–Trinajstić information content (AvgIpc) is 2.89. The zero-order chi connectivity index (χ0) is 13.2. The van der Waals surface area contributed by atoms with Gasteiger partial charge in [0.25, 0.3) is 0 Å². The summed E-state index contributed by atoms with van der Waals surface area (Å²) < 4.78 is 0. The van der Waals surface area contributed by atoms with E-state index in [1.165, 1.54) is 32.1 Å². The van der Waals surface area contributed by atoms with E-state index in [2.05, 4.69) is 21.8 Å². The topological polar surface area (TPSA) is 29.0 Å². The molecule has 2 atom stereocenters. The van der Waals surface area contributed by atoms with Gasteiger partial charge in [-0.05, 0) is 38.0 Å². The lowest BCUT2D eigenvalue weighted by atomic mass is 9.91. The maximum Gasteiger partial charge on any atom is 0.137 e. The van der Waals surface area contributed by atoms with Gasteiger partial charge in [0.2, 0.25) is 0 Å². The lowest BCUT2D eigenvalue weighted by molar-refractivity contribution is 0.360. The molecule has 0 N–H and O–H groups in total. The van der Waals surface area contributed by atoms with Crippen molar-refractivity contribution in [1.82, 2.24) is 9.97 Å². The van der Waals surface area contributed by atoms with Gasteiger partial charge in [-0.2, -0.15) is 0 Å². The molecule has 2 heterocycles. The molecule has 1 saturated heterocycles. The number of nitrogens with zero attached hydrogens (tertiary/aromatic N) is 3. The highest BCUT2D eigenvalue weighted by Crippen LogP contribution is 2.40. The molecule has 4 heteroatoms. The van der Waals surface area contributed by atoms with Crippen LogP contribution in [0.2, 0.25) is 5.15 Å². The molecular weight excluding hydrogens is 258 g/mol. The average molecular weight is 280 g/mol. The molecule has 2 fully saturated rings. The van der Waals surface area contributed by atoms with Crippen LogP contribution in [-0.2, 0) is 6.42 Å². The maximum absolute atomic E-state index is 6.29. The van der Waals surface area contributed by atoms with Crippen LogP contribution in [0.1, 0.15) is 51.0 Å². The molecule has 19 heavy (non-hydrogen) atoms. The van der Waals surface area contributed by atoms with Crippen molar-refractivity contribution in [3.05, 3.63) is 17.0 Å². The Balaban J connectivity index is 1.94. The van der Waals surface area contributed by atoms with E-state index in [-0.39, 0.29) is 0 Å². The van der Waals surface area contributed by atoms with E-state index in [1.54, 1.807) is 6.33 Å². The Labute approximate surface area is 120 Å². The third-order valence-corrected chi connectivity index (χ3v) is 4.96. The van der Waals surface area contributed by atoms with Crippen molar-refractivity contribution < 1.29 is 0 Å². The first kappa shape index (κ1) is 13.2. The van der Waals surface area contributed by atoms with Crippen LogP contribution in [-0.4, -0.2) is 22.6 Å². The zero-order valence-corrected chi connectivity index (χ0v) is 12.4. The van der Waals surface area contributed by atoms with Crippen LogP contribution in [0.15, 0.2) is 6.33 Å². The van der Waals surface area contributed by atoms with E-state index in [0.717, 1.165) is 36.7 Å². The van der Waals surface area contributed by atoms with Crippen LogP contribution in [0.3, 0.4) is 0 Å². The third-order valence-electron chi connectivity index (χ3n) is 4.64. The molecule has 2 aliphatic rings. The summed E-state index contributed by atoms with van der Waals surface area (Å²) in [7, 11) is 0. The van der Waals surface area contributed by atoms with Crippen molar-refractivity contribution in [1.29, 1.82) is 0 Å². The van der Waals surface area contributed by atoms with Crippen LogP contribution in [0.4, 0.5) is 5.82 Å². The summed E-state index contributed by atoms with van der Waals surface area (Å²) in [5, 5.41) is 0.645. The number of piperidine rings is 1. The molecule has 1 aliphatic heterocycles. The number of rotatable bonds is 3. The van der Waals surface area contributed by atoms with Crippen LogP contribution in [0, 0.1) is 5.92 Å². The Kier molecular flexibility index (Phi) is 3.92. The Morgan fingerprint density at radius 3 is 2.95 bits per heavy atom. The van der Waals surface area contributed by atoms with Crippen molar-refractivity contribution in [2.45, 2.75) is 57.9 Å². The fraction of sp³-hybridized carbons (Fsp3) is 0.733. The molecule has 1 aliphatic carbocycles. The molecule has 1 aromatic rings. The first-order valence-electron chi connectivity index (χ1n) is 7.57. The number of hydrogen-bond donors (Lipinski definition) is 0. The fourth-order valence-electron chi connectivity index (χ4n) is 3.81. The van der Waals surface area contributed by atoms with Crippen LogP contribution < -0.4 is 4.90 Å². The van der Waals surface area contributed by atoms with E-state index in [9.17, 15) is 0 Å². The minimum absolute atomic E-state index is 0.645. The van der Waals surface area contributed by atoms with E-state index in [1.807, 2.05) is 0 Å². The smallest absolute Gasteiger partial charge is 0.137 e. The second kappa shape index (κ2) is 5.66. The molecule has 0 aromatic carbocycles. The normalized spacial score (nSPS) is 26.5. The minimum Gasteiger partial charge on any atom is -0.353 e. The van der Waals surface area contributed by atoms with Gasteiger partial charge in [-0.3, -0.25) is 0 Å². The van der Waals surface area contributed by atoms with E-state index in [4.69, 9.17) is 11.6 Å². The monoisotopic (exact) mass is 279 g/mol. The molecule has 0 bridgehead atoms. The first-order valence-corrected chi connectivity index (χ1v) is 7.95. The second-order valence-electron chi connectivity index (χ2n) is 5.81. The highest BCUT2D eigenvalue weighted by Gasteiger charge is 2.36. The van der Waals surface area contributed by atoms with Crippen LogP contribution in [0.25, 0.3) is 0 Å². The lowest BCUT2D eigenvalue weighted by Gasteiger charge is -2.39. The predicted molar refractivity (Wildman–Crippen MR) is 78.7 cm³/mol. The van der Waals surface area contributed by atoms with E-state index >= 15 is 0 Å². The quantitative estimate of drug-likeness (QED) is 0.787. The van der Waals surface area contributed by atoms with Gasteiger partial charge >= 0.3 is 0 Å². The van der Waals surface area contributed by atoms with Gasteiger partial charge in [0.05, 0.1) is 0 Å². The van der Waals surface area contributed by atoms with Gasteiger partial charge in [-0.15, -0.1) is 0 Å². The Bertz CT molecular complexity index is 449. The van der Waals surface area contributed by atoms with Gasteiger partial charge < -0.3 is 4.90 Å². The SMILES string of the molecule is CCCc1c(Cl)ncnc1N1CCCC2CCCC21. The lowest BCUT2D eigenvalue weighted by Crippen LogP contribution is -2.43. The second-order valence-corrected chi connectivity index (χ2v) is 6.17. The van der Waals surface area contributed by atoms with E-state index < -0.39 is 0 Å². The van der Waals surface area contributed by atoms with Crippen molar-refractivity contribution in [3.8, 4) is 0 Å². The number of fused-ring (bicyclic) bond motifs is 1. The Morgan fingerprint density at radius 2 is 2.11 bits per heavy atom. The molecule has 0 spiro atoms. The van der Waals surface area contributed by atoms with Gasteiger partial charge in [0, 0.05) is 18.2 Å². The summed E-state index contributed by atoms with van der Waals surface area (Å²) >= 11 is 6.29. The summed E-state index contributed by atoms with van der Waals surface area (Å²) in [6.07, 6.45) is 10.4. The largest absolute Gasteiger partial charge is 0.353 e. The zero-order valence-electron chi connectivity index (χ0n) is 11.6. The van der Waals surface area contributed by atoms with Crippen molar-refractivity contribution in [2.24, 2.45) is 5.92 Å². The molecule has 3 rings (SSSR count). The van der Waals surface area contributed by atoms with Crippen molar-refractivity contribution >= 4 is 17.4 Å². The van der Waals surface area contributed by atoms with Gasteiger partial charge in [0.15, 0.2) is 0 Å². The molecular formula is C15H22ClN3. The number of anilines is 1. The van der Waals surface area contributed by atoms with Crippen molar-refractivity contribution in [2.75, 3.05) is 11.4 Å². The molecule has 1 saturated carbocycles.